The fourth-order valence-electron chi connectivity index (χ4n) is 3.80. The summed E-state index contributed by atoms with van der Waals surface area (Å²) in [6, 6.07) is 4.26. The zero-order chi connectivity index (χ0) is 20.3. The number of piperidine rings is 1. The number of rotatable bonds is 4. The molecule has 2 aromatic rings. The van der Waals surface area contributed by atoms with Gasteiger partial charge in [0.15, 0.2) is 0 Å². The maximum Gasteiger partial charge on any atom is 0.410 e. The molecule has 0 saturated carbocycles. The van der Waals surface area contributed by atoms with Crippen LogP contribution in [0, 0.1) is 0 Å². The molecule has 6 nitrogen and oxygen atoms in total. The molecule has 1 saturated heterocycles. The van der Waals surface area contributed by atoms with Gasteiger partial charge in [-0.2, -0.15) is 5.10 Å². The second kappa shape index (κ2) is 8.33. The molecule has 1 amide bonds. The molecule has 2 aromatic heterocycles. The van der Waals surface area contributed by atoms with Crippen LogP contribution in [0.15, 0.2) is 18.3 Å². The summed E-state index contributed by atoms with van der Waals surface area (Å²) in [7, 11) is 0. The molecule has 3 heterocycles. The smallest absolute Gasteiger partial charge is 0.410 e. The number of pyridine rings is 1. The van der Waals surface area contributed by atoms with E-state index >= 15 is 0 Å². The van der Waals surface area contributed by atoms with Gasteiger partial charge in [0.25, 0.3) is 0 Å². The highest BCUT2D eigenvalue weighted by molar-refractivity contribution is 5.68. The molecule has 1 aliphatic rings. The van der Waals surface area contributed by atoms with E-state index in [9.17, 15) is 4.79 Å². The molecular formula is C22H32N4O2. The van der Waals surface area contributed by atoms with Crippen LogP contribution >= 0.6 is 0 Å². The summed E-state index contributed by atoms with van der Waals surface area (Å²) in [6.07, 6.45) is 5.35. The molecule has 28 heavy (non-hydrogen) atoms. The average Bonchev–Trinajstić information content (AvgIpc) is 3.15. The number of aromatic amines is 1. The summed E-state index contributed by atoms with van der Waals surface area (Å²) in [5.41, 5.74) is 5.21. The number of aryl methyl sites for hydroxylation is 2. The van der Waals surface area contributed by atoms with E-state index < -0.39 is 5.60 Å². The number of amides is 1. The number of nitrogens with one attached hydrogen (secondary N) is 1. The lowest BCUT2D eigenvalue weighted by atomic mass is 9.92. The predicted molar refractivity (Wildman–Crippen MR) is 110 cm³/mol. The fraction of sp³-hybridized carbons (Fsp3) is 0.591. The molecule has 1 N–H and O–H groups in total. The number of nitrogens with zero attached hydrogens (tertiary/aromatic N) is 3. The SMILES string of the molecule is CCc1ccnc(CC)c1-c1cc(C2CCN(C(=O)OC(C)(C)C)CC2)[nH]n1. The molecule has 6 heteroatoms. The van der Waals surface area contributed by atoms with Gasteiger partial charge in [-0.1, -0.05) is 13.8 Å². The molecule has 0 unspecified atom stereocenters. The first-order valence-corrected chi connectivity index (χ1v) is 10.3. The first-order chi connectivity index (χ1) is 13.3. The van der Waals surface area contributed by atoms with Crippen molar-refractivity contribution in [1.82, 2.24) is 20.1 Å². The molecule has 0 bridgehead atoms. The highest BCUT2D eigenvalue weighted by atomic mass is 16.6. The lowest BCUT2D eigenvalue weighted by Gasteiger charge is -2.33. The summed E-state index contributed by atoms with van der Waals surface area (Å²) >= 11 is 0. The third-order valence-corrected chi connectivity index (χ3v) is 5.27. The van der Waals surface area contributed by atoms with Crippen LogP contribution in [0.25, 0.3) is 11.3 Å². The van der Waals surface area contributed by atoms with Gasteiger partial charge in [0.2, 0.25) is 0 Å². The summed E-state index contributed by atoms with van der Waals surface area (Å²) in [5, 5.41) is 7.86. The third-order valence-electron chi connectivity index (χ3n) is 5.27. The molecule has 0 radical (unpaired) electrons. The van der Waals surface area contributed by atoms with Crippen LogP contribution in [0.2, 0.25) is 0 Å². The number of H-pyrrole nitrogens is 1. The van der Waals surface area contributed by atoms with Crippen LogP contribution in [0.5, 0.6) is 0 Å². The van der Waals surface area contributed by atoms with Crippen LogP contribution in [0.1, 0.15) is 70.3 Å². The lowest BCUT2D eigenvalue weighted by Crippen LogP contribution is -2.41. The topological polar surface area (TPSA) is 71.1 Å². The van der Waals surface area contributed by atoms with Crippen molar-refractivity contribution in [2.75, 3.05) is 13.1 Å². The number of carbonyl (C=O) groups is 1. The second-order valence-corrected chi connectivity index (χ2v) is 8.45. The summed E-state index contributed by atoms with van der Waals surface area (Å²) in [4.78, 5) is 18.6. The van der Waals surface area contributed by atoms with Gasteiger partial charge in [-0.25, -0.2) is 4.79 Å². The minimum absolute atomic E-state index is 0.216. The summed E-state index contributed by atoms with van der Waals surface area (Å²) in [6.45, 7) is 11.4. The van der Waals surface area contributed by atoms with Crippen LogP contribution in [-0.4, -0.2) is 44.9 Å². The minimum atomic E-state index is -0.454. The molecule has 0 spiro atoms. The maximum atomic E-state index is 12.3. The Morgan fingerprint density at radius 3 is 2.57 bits per heavy atom. The Balaban J connectivity index is 1.71. The van der Waals surface area contributed by atoms with Crippen LogP contribution < -0.4 is 0 Å². The van der Waals surface area contributed by atoms with Gasteiger partial charge in [0, 0.05) is 42.2 Å². The first kappa shape index (κ1) is 20.4. The fourth-order valence-corrected chi connectivity index (χ4v) is 3.80. The predicted octanol–water partition coefficient (Wildman–Crippen LogP) is 4.71. The van der Waals surface area contributed by atoms with Gasteiger partial charge in [0.1, 0.15) is 5.60 Å². The van der Waals surface area contributed by atoms with Crippen LogP contribution in [0.4, 0.5) is 4.79 Å². The summed E-state index contributed by atoms with van der Waals surface area (Å²) < 4.78 is 5.49. The molecule has 1 fully saturated rings. The van der Waals surface area contributed by atoms with Crippen molar-refractivity contribution in [3.8, 4) is 11.3 Å². The maximum absolute atomic E-state index is 12.3. The molecule has 0 aromatic carbocycles. The Bertz CT molecular complexity index is 792. The van der Waals surface area contributed by atoms with Crippen molar-refractivity contribution in [2.45, 2.75) is 71.8 Å². The van der Waals surface area contributed by atoms with Gasteiger partial charge in [-0.3, -0.25) is 10.1 Å². The van der Waals surface area contributed by atoms with Crippen LogP contribution in [0.3, 0.4) is 0 Å². The van der Waals surface area contributed by atoms with E-state index in [1.165, 1.54) is 11.1 Å². The Labute approximate surface area is 167 Å². The van der Waals surface area contributed by atoms with E-state index in [1.54, 1.807) is 0 Å². The quantitative estimate of drug-likeness (QED) is 0.828. The van der Waals surface area contributed by atoms with Crippen molar-refractivity contribution in [3.63, 3.8) is 0 Å². The Kier molecular flexibility index (Phi) is 6.06. The van der Waals surface area contributed by atoms with E-state index in [4.69, 9.17) is 4.74 Å². The molecule has 0 aliphatic carbocycles. The molecule has 1 aliphatic heterocycles. The molecule has 0 atom stereocenters. The van der Waals surface area contributed by atoms with Gasteiger partial charge >= 0.3 is 6.09 Å². The lowest BCUT2D eigenvalue weighted by molar-refractivity contribution is 0.0204. The standard InChI is InChI=1S/C22H32N4O2/c1-6-15-8-11-23-17(7-2)20(15)19-14-18(24-25-19)16-9-12-26(13-10-16)21(27)28-22(3,4)5/h8,11,14,16H,6-7,9-10,12-13H2,1-5H3,(H,24,25). The highest BCUT2D eigenvalue weighted by Crippen LogP contribution is 2.32. The summed E-state index contributed by atoms with van der Waals surface area (Å²) in [5.74, 6) is 0.381. The van der Waals surface area contributed by atoms with Crippen molar-refractivity contribution < 1.29 is 9.53 Å². The molecular weight excluding hydrogens is 352 g/mol. The average molecular weight is 385 g/mol. The van der Waals surface area contributed by atoms with E-state index in [0.717, 1.165) is 42.8 Å². The number of likely N-dealkylation sites (tertiary alicyclic amines) is 1. The Hall–Kier alpha value is -2.37. The molecule has 3 rings (SSSR count). The van der Waals surface area contributed by atoms with Gasteiger partial charge in [0.05, 0.1) is 5.69 Å². The normalized spacial score (nSPS) is 15.7. The molecule has 152 valence electrons. The Morgan fingerprint density at radius 1 is 1.25 bits per heavy atom. The number of carbonyl (C=O) groups excluding carboxylic acids is 1. The van der Waals surface area contributed by atoms with Gasteiger partial charge < -0.3 is 9.64 Å². The van der Waals surface area contributed by atoms with Gasteiger partial charge in [-0.05, 0) is 64.2 Å². The van der Waals surface area contributed by atoms with E-state index in [1.807, 2.05) is 31.9 Å². The van der Waals surface area contributed by atoms with E-state index in [-0.39, 0.29) is 6.09 Å². The number of ether oxygens (including phenoxy) is 1. The number of aromatic nitrogens is 3. The van der Waals surface area contributed by atoms with Crippen molar-refractivity contribution in [2.24, 2.45) is 0 Å². The van der Waals surface area contributed by atoms with Crippen molar-refractivity contribution >= 4 is 6.09 Å². The first-order valence-electron chi connectivity index (χ1n) is 10.3. The number of hydrogen-bond donors (Lipinski definition) is 1. The largest absolute Gasteiger partial charge is 0.444 e. The third kappa shape index (κ3) is 4.54. The zero-order valence-corrected chi connectivity index (χ0v) is 17.7. The van der Waals surface area contributed by atoms with E-state index in [2.05, 4.69) is 41.2 Å². The monoisotopic (exact) mass is 384 g/mol. The highest BCUT2D eigenvalue weighted by Gasteiger charge is 2.28. The Morgan fingerprint density at radius 2 is 1.96 bits per heavy atom. The second-order valence-electron chi connectivity index (χ2n) is 8.45. The minimum Gasteiger partial charge on any atom is -0.444 e. The van der Waals surface area contributed by atoms with Gasteiger partial charge in [-0.15, -0.1) is 0 Å². The zero-order valence-electron chi connectivity index (χ0n) is 17.7. The number of hydrogen-bond acceptors (Lipinski definition) is 4. The van der Waals surface area contributed by atoms with Crippen molar-refractivity contribution in [3.05, 3.63) is 35.3 Å². The van der Waals surface area contributed by atoms with Crippen LogP contribution in [-0.2, 0) is 17.6 Å². The van der Waals surface area contributed by atoms with E-state index in [0.29, 0.717) is 19.0 Å². The van der Waals surface area contributed by atoms with Crippen molar-refractivity contribution in [1.29, 1.82) is 0 Å².